The predicted molar refractivity (Wildman–Crippen MR) is 138 cm³/mol. The Bertz CT molecular complexity index is 1540. The van der Waals surface area contributed by atoms with E-state index < -0.39 is 66.3 Å². The molecule has 1 fully saturated rings. The van der Waals surface area contributed by atoms with Gasteiger partial charge < -0.3 is 24.3 Å². The Labute approximate surface area is 239 Å². The summed E-state index contributed by atoms with van der Waals surface area (Å²) in [4.78, 5) is 40.5. The summed E-state index contributed by atoms with van der Waals surface area (Å²) in [5.74, 6) is -4.57. The molecule has 2 amide bonds. The summed E-state index contributed by atoms with van der Waals surface area (Å²) >= 11 is 0. The van der Waals surface area contributed by atoms with E-state index in [1.807, 2.05) is 0 Å². The van der Waals surface area contributed by atoms with E-state index in [-0.39, 0.29) is 35.7 Å². The molecule has 2 aromatic carbocycles. The fourth-order valence-corrected chi connectivity index (χ4v) is 4.75. The number of nitrogens with one attached hydrogen (secondary N) is 1. The minimum absolute atomic E-state index is 0.0559. The van der Waals surface area contributed by atoms with Gasteiger partial charge in [0.15, 0.2) is 0 Å². The first-order valence-corrected chi connectivity index (χ1v) is 12.7. The number of hydrogen-bond acceptors (Lipinski definition) is 5. The van der Waals surface area contributed by atoms with Crippen molar-refractivity contribution in [3.63, 3.8) is 0 Å². The maximum absolute atomic E-state index is 15.1. The Hall–Kier alpha value is -4.56. The van der Waals surface area contributed by atoms with Gasteiger partial charge in [-0.15, -0.1) is 13.2 Å². The van der Waals surface area contributed by atoms with Crippen LogP contribution in [0.1, 0.15) is 28.3 Å². The van der Waals surface area contributed by atoms with Gasteiger partial charge >= 0.3 is 12.5 Å². The molecule has 15 heteroatoms. The second-order valence-electron chi connectivity index (χ2n) is 9.59. The number of nitrogens with zero attached hydrogens (tertiary/aromatic N) is 2. The van der Waals surface area contributed by atoms with E-state index in [0.29, 0.717) is 0 Å². The molecular weight excluding hydrogens is 591 g/mol. The molecule has 43 heavy (non-hydrogen) atoms. The zero-order chi connectivity index (χ0) is 31.5. The van der Waals surface area contributed by atoms with Crippen LogP contribution in [-0.4, -0.2) is 49.1 Å². The molecule has 1 aliphatic heterocycles. The normalized spacial score (nSPS) is 17.2. The summed E-state index contributed by atoms with van der Waals surface area (Å²) in [7, 11) is 1.33. The number of rotatable bonds is 9. The standard InChI is InChI=1S/C28H24F7N3O5/c1-42-18-8-9-19(22(29)13-18)21-15-38(23-3-2-11-37(26(23)41)12-10-27(30,31)32)25(40)20(21)14-36-24(39)16-4-6-17(7-5-16)43-28(33,34)35/h2-9,11,13,20-21H,10,12,14-15H2,1H3,(H,36,39)/t20?,21-/m0/s1. The number of methoxy groups -OCH3 is 1. The van der Waals surface area contributed by atoms with E-state index in [1.165, 1.54) is 31.4 Å². The van der Waals surface area contributed by atoms with E-state index in [1.54, 1.807) is 0 Å². The Balaban J connectivity index is 1.60. The lowest BCUT2D eigenvalue weighted by atomic mass is 9.88. The summed E-state index contributed by atoms with van der Waals surface area (Å²) < 4.78 is 100. The minimum Gasteiger partial charge on any atom is -0.497 e. The second-order valence-corrected chi connectivity index (χ2v) is 9.59. The summed E-state index contributed by atoms with van der Waals surface area (Å²) in [5, 5.41) is 2.51. The first kappa shape index (κ1) is 31.4. The van der Waals surface area contributed by atoms with Gasteiger partial charge in [0, 0.05) is 43.4 Å². The number of carbonyl (C=O) groups is 2. The van der Waals surface area contributed by atoms with Gasteiger partial charge in [-0.1, -0.05) is 6.07 Å². The van der Waals surface area contributed by atoms with Crippen LogP contribution in [0.4, 0.5) is 36.4 Å². The number of aromatic nitrogens is 1. The molecule has 3 aromatic rings. The first-order chi connectivity index (χ1) is 20.2. The molecule has 0 saturated carbocycles. The molecule has 8 nitrogen and oxygen atoms in total. The van der Waals surface area contributed by atoms with Gasteiger partial charge in [-0.05, 0) is 48.0 Å². The lowest BCUT2D eigenvalue weighted by Gasteiger charge is -2.19. The highest BCUT2D eigenvalue weighted by Crippen LogP contribution is 2.37. The fourth-order valence-electron chi connectivity index (χ4n) is 4.75. The quantitative estimate of drug-likeness (QED) is 0.342. The lowest BCUT2D eigenvalue weighted by molar-refractivity contribution is -0.274. The molecule has 1 N–H and O–H groups in total. The zero-order valence-corrected chi connectivity index (χ0v) is 22.3. The summed E-state index contributed by atoms with van der Waals surface area (Å²) in [6, 6.07) is 10.5. The SMILES string of the molecule is COc1ccc([C@@H]2CN(c3cccn(CCC(F)(F)F)c3=O)C(=O)C2CNC(=O)c2ccc(OC(F)(F)F)cc2)c(F)c1. The van der Waals surface area contributed by atoms with Gasteiger partial charge in [0.05, 0.1) is 19.4 Å². The van der Waals surface area contributed by atoms with Crippen LogP contribution >= 0.6 is 0 Å². The summed E-state index contributed by atoms with van der Waals surface area (Å²) in [5.41, 5.74) is -1.07. The van der Waals surface area contributed by atoms with Crippen LogP contribution in [0.2, 0.25) is 0 Å². The van der Waals surface area contributed by atoms with Crippen LogP contribution in [0.25, 0.3) is 0 Å². The van der Waals surface area contributed by atoms with Gasteiger partial charge in [0.25, 0.3) is 11.5 Å². The fraction of sp³-hybridized carbons (Fsp3) is 0.321. The molecule has 1 unspecified atom stereocenters. The highest BCUT2D eigenvalue weighted by Gasteiger charge is 2.44. The third-order valence-corrected chi connectivity index (χ3v) is 6.81. The van der Waals surface area contributed by atoms with E-state index in [2.05, 4.69) is 10.1 Å². The molecule has 1 saturated heterocycles. The van der Waals surface area contributed by atoms with Crippen LogP contribution < -0.4 is 25.2 Å². The van der Waals surface area contributed by atoms with Gasteiger partial charge in [0.2, 0.25) is 5.91 Å². The van der Waals surface area contributed by atoms with Crippen LogP contribution in [0.5, 0.6) is 11.5 Å². The van der Waals surface area contributed by atoms with Gasteiger partial charge in [-0.2, -0.15) is 13.2 Å². The zero-order valence-electron chi connectivity index (χ0n) is 22.3. The number of carbonyl (C=O) groups excluding carboxylic acids is 2. The lowest BCUT2D eigenvalue weighted by Crippen LogP contribution is -2.38. The number of pyridine rings is 1. The predicted octanol–water partition coefficient (Wildman–Crippen LogP) is 5.02. The number of hydrogen-bond donors (Lipinski definition) is 1. The second kappa shape index (κ2) is 12.4. The van der Waals surface area contributed by atoms with Gasteiger partial charge in [-0.25, -0.2) is 4.39 Å². The summed E-state index contributed by atoms with van der Waals surface area (Å²) in [6.07, 6.45) is -9.57. The van der Waals surface area contributed by atoms with Gasteiger partial charge in [-0.3, -0.25) is 14.4 Å². The van der Waals surface area contributed by atoms with Crippen molar-refractivity contribution in [3.05, 3.63) is 88.1 Å². The van der Waals surface area contributed by atoms with Crippen LogP contribution in [0, 0.1) is 11.7 Å². The molecule has 0 spiro atoms. The van der Waals surface area contributed by atoms with Crippen LogP contribution in [0.15, 0.2) is 65.6 Å². The minimum atomic E-state index is -4.93. The molecule has 1 aromatic heterocycles. The third-order valence-electron chi connectivity index (χ3n) is 6.81. The average molecular weight is 616 g/mol. The number of halogens is 7. The topological polar surface area (TPSA) is 89.9 Å². The van der Waals surface area contributed by atoms with Crippen molar-refractivity contribution in [2.24, 2.45) is 5.92 Å². The smallest absolute Gasteiger partial charge is 0.497 e. The Morgan fingerprint density at radius 1 is 1.00 bits per heavy atom. The molecular formula is C28H24F7N3O5. The van der Waals surface area contributed by atoms with Crippen molar-refractivity contribution in [2.45, 2.75) is 31.4 Å². The Morgan fingerprint density at radius 2 is 1.67 bits per heavy atom. The molecule has 4 rings (SSSR count). The maximum Gasteiger partial charge on any atom is 0.573 e. The van der Waals surface area contributed by atoms with Crippen molar-refractivity contribution in [3.8, 4) is 11.5 Å². The Kier molecular flexibility index (Phi) is 9.01. The number of benzene rings is 2. The van der Waals surface area contributed by atoms with Crippen molar-refractivity contribution >= 4 is 17.5 Å². The molecule has 0 bridgehead atoms. The van der Waals surface area contributed by atoms with E-state index in [4.69, 9.17) is 4.74 Å². The highest BCUT2D eigenvalue weighted by molar-refractivity contribution is 5.99. The number of alkyl halides is 6. The van der Waals surface area contributed by atoms with E-state index in [9.17, 15) is 40.7 Å². The third kappa shape index (κ3) is 7.64. The first-order valence-electron chi connectivity index (χ1n) is 12.7. The summed E-state index contributed by atoms with van der Waals surface area (Å²) in [6.45, 7) is -1.27. The Morgan fingerprint density at radius 3 is 2.28 bits per heavy atom. The number of ether oxygens (including phenoxy) is 2. The van der Waals surface area contributed by atoms with E-state index >= 15 is 4.39 Å². The van der Waals surface area contributed by atoms with Crippen molar-refractivity contribution in [2.75, 3.05) is 25.1 Å². The molecule has 230 valence electrons. The van der Waals surface area contributed by atoms with Crippen molar-refractivity contribution in [1.29, 1.82) is 0 Å². The number of anilines is 1. The van der Waals surface area contributed by atoms with Crippen LogP contribution in [0.3, 0.4) is 0 Å². The van der Waals surface area contributed by atoms with Crippen molar-refractivity contribution < 1.29 is 49.8 Å². The van der Waals surface area contributed by atoms with Crippen molar-refractivity contribution in [1.82, 2.24) is 9.88 Å². The molecule has 0 aliphatic carbocycles. The molecule has 2 atom stereocenters. The average Bonchev–Trinajstić information content (AvgIpc) is 3.25. The monoisotopic (exact) mass is 615 g/mol. The maximum atomic E-state index is 15.1. The highest BCUT2D eigenvalue weighted by atomic mass is 19.4. The largest absolute Gasteiger partial charge is 0.573 e. The van der Waals surface area contributed by atoms with E-state index in [0.717, 1.165) is 46.0 Å². The van der Waals surface area contributed by atoms with Gasteiger partial charge in [0.1, 0.15) is 23.0 Å². The number of aryl methyl sites for hydroxylation is 1. The number of amides is 2. The molecule has 1 aliphatic rings. The molecule has 0 radical (unpaired) electrons. The van der Waals surface area contributed by atoms with Crippen LogP contribution in [-0.2, 0) is 11.3 Å². The molecule has 2 heterocycles.